The Balaban J connectivity index is 0.000000261. The Labute approximate surface area is 410 Å². The SMILES string of the molecule is CCNC(=O)COC(c1cccc(F)c1-c1cccc(C)c1)C1CN(C(=O)OC(C)(C)C)CCO1.CCOC(=O)COC(c1cccc(F)c1-c1cccc(C)c1)C1CN(C(=O)OC(C)(C)C)CCO1. The number of carbonyl (C=O) groups excluding carboxylic acids is 4. The van der Waals surface area contributed by atoms with Crippen molar-refractivity contribution in [1.82, 2.24) is 15.1 Å². The van der Waals surface area contributed by atoms with Gasteiger partial charge in [0.15, 0.2) is 0 Å². The van der Waals surface area contributed by atoms with Crippen LogP contribution in [0, 0.1) is 25.5 Å². The molecule has 4 atom stereocenters. The van der Waals surface area contributed by atoms with Gasteiger partial charge >= 0.3 is 18.2 Å². The summed E-state index contributed by atoms with van der Waals surface area (Å²) in [7, 11) is 0. The fourth-order valence-electron chi connectivity index (χ4n) is 8.04. The summed E-state index contributed by atoms with van der Waals surface area (Å²) in [5.41, 5.74) is 3.88. The molecule has 1 N–H and O–H groups in total. The monoisotopic (exact) mass is 973 g/mol. The number of rotatable bonds is 14. The van der Waals surface area contributed by atoms with Gasteiger partial charge in [0.05, 0.1) is 32.9 Å². The Bertz CT molecular complexity index is 2240. The predicted octanol–water partition coefficient (Wildman–Crippen LogP) is 9.69. The second kappa shape index (κ2) is 25.3. The molecule has 3 amide bonds. The van der Waals surface area contributed by atoms with Gasteiger partial charge < -0.3 is 48.3 Å². The number of esters is 1. The highest BCUT2D eigenvalue weighted by Gasteiger charge is 2.38. The first-order valence-electron chi connectivity index (χ1n) is 23.7. The highest BCUT2D eigenvalue weighted by Crippen LogP contribution is 2.38. The third-order valence-corrected chi connectivity index (χ3v) is 10.9. The molecule has 0 aliphatic carbocycles. The third kappa shape index (κ3) is 16.1. The average molecular weight is 974 g/mol. The maximum Gasteiger partial charge on any atom is 0.410 e. The summed E-state index contributed by atoms with van der Waals surface area (Å²) in [4.78, 5) is 52.9. The summed E-state index contributed by atoms with van der Waals surface area (Å²) in [6.45, 7) is 19.9. The van der Waals surface area contributed by atoms with Crippen molar-refractivity contribution in [2.45, 2.75) is 105 Å². The van der Waals surface area contributed by atoms with Crippen LogP contribution in [-0.4, -0.2) is 123 Å². The number of likely N-dealkylation sites (N-methyl/N-ethyl adjacent to an activating group) is 1. The Kier molecular flexibility index (Phi) is 19.8. The van der Waals surface area contributed by atoms with Gasteiger partial charge in [-0.3, -0.25) is 4.79 Å². The molecule has 4 aromatic rings. The zero-order chi connectivity index (χ0) is 51.2. The first-order chi connectivity index (χ1) is 33.2. The first-order valence-corrected chi connectivity index (χ1v) is 23.7. The number of hydrogen-bond acceptors (Lipinski definition) is 11. The molecule has 70 heavy (non-hydrogen) atoms. The van der Waals surface area contributed by atoms with Crippen LogP contribution >= 0.6 is 0 Å². The van der Waals surface area contributed by atoms with Crippen molar-refractivity contribution in [3.8, 4) is 22.3 Å². The van der Waals surface area contributed by atoms with Crippen molar-refractivity contribution in [2.24, 2.45) is 0 Å². The zero-order valence-electron chi connectivity index (χ0n) is 42.1. The molecule has 2 aliphatic heterocycles. The van der Waals surface area contributed by atoms with Crippen molar-refractivity contribution < 1.29 is 61.1 Å². The molecule has 4 unspecified atom stereocenters. The van der Waals surface area contributed by atoms with E-state index in [-0.39, 0.29) is 52.0 Å². The van der Waals surface area contributed by atoms with Gasteiger partial charge in [0.25, 0.3) is 0 Å². The first kappa shape index (κ1) is 55.0. The number of ether oxygens (including phenoxy) is 7. The van der Waals surface area contributed by atoms with Gasteiger partial charge in [0, 0.05) is 30.8 Å². The number of aryl methyl sites for hydroxylation is 2. The van der Waals surface area contributed by atoms with E-state index in [9.17, 15) is 19.2 Å². The summed E-state index contributed by atoms with van der Waals surface area (Å²) < 4.78 is 70.7. The van der Waals surface area contributed by atoms with Crippen molar-refractivity contribution in [3.05, 3.63) is 119 Å². The molecule has 2 saturated heterocycles. The molecule has 14 nitrogen and oxygen atoms in total. The number of carbonyl (C=O) groups is 4. The number of hydrogen-bond donors (Lipinski definition) is 1. The molecule has 0 bridgehead atoms. The maximum atomic E-state index is 15.2. The molecule has 2 heterocycles. The van der Waals surface area contributed by atoms with Crippen LogP contribution in [0.3, 0.4) is 0 Å². The van der Waals surface area contributed by atoms with Gasteiger partial charge in [-0.2, -0.15) is 0 Å². The Hall–Kier alpha value is -5.94. The van der Waals surface area contributed by atoms with Crippen LogP contribution in [-0.2, 0) is 42.7 Å². The van der Waals surface area contributed by atoms with Gasteiger partial charge in [0.2, 0.25) is 5.91 Å². The fourth-order valence-corrected chi connectivity index (χ4v) is 8.04. The molecular formula is C54H69F2N3O11. The largest absolute Gasteiger partial charge is 0.464 e. The van der Waals surface area contributed by atoms with Crippen LogP contribution in [0.5, 0.6) is 0 Å². The molecule has 2 aliphatic rings. The Morgan fingerprint density at radius 1 is 0.657 bits per heavy atom. The Morgan fingerprint density at radius 3 is 1.49 bits per heavy atom. The van der Waals surface area contributed by atoms with E-state index in [1.54, 1.807) is 61.8 Å². The molecule has 4 aromatic carbocycles. The minimum absolute atomic E-state index is 0.159. The van der Waals surface area contributed by atoms with Crippen LogP contribution in [0.1, 0.15) is 89.9 Å². The topological polar surface area (TPSA) is 151 Å². The van der Waals surface area contributed by atoms with Gasteiger partial charge in [-0.05, 0) is 104 Å². The van der Waals surface area contributed by atoms with Crippen molar-refractivity contribution in [1.29, 1.82) is 0 Å². The number of halogens is 2. The van der Waals surface area contributed by atoms with Crippen molar-refractivity contribution >= 4 is 24.1 Å². The molecular weight excluding hydrogens is 905 g/mol. The lowest BCUT2D eigenvalue weighted by atomic mass is 9.92. The number of amides is 3. The summed E-state index contributed by atoms with van der Waals surface area (Å²) >= 11 is 0. The summed E-state index contributed by atoms with van der Waals surface area (Å²) in [5, 5.41) is 2.71. The molecule has 6 rings (SSSR count). The minimum Gasteiger partial charge on any atom is -0.464 e. The van der Waals surface area contributed by atoms with E-state index in [0.29, 0.717) is 53.0 Å². The van der Waals surface area contributed by atoms with Crippen LogP contribution in [0.4, 0.5) is 18.4 Å². The third-order valence-electron chi connectivity index (χ3n) is 10.9. The van der Waals surface area contributed by atoms with E-state index in [4.69, 9.17) is 33.2 Å². The summed E-state index contributed by atoms with van der Waals surface area (Å²) in [5.74, 6) is -1.64. The molecule has 380 valence electrons. The second-order valence-electron chi connectivity index (χ2n) is 19.0. The maximum absolute atomic E-state index is 15.2. The molecule has 0 radical (unpaired) electrons. The standard InChI is InChI=1S/C27H35FN2O5.C27H34FNO6/c1-6-29-23(31)17-34-25(22-16-30(13-14-33-22)26(32)35-27(3,4)5)20-11-8-12-21(28)24(20)19-10-7-9-18(2)15-19;1-6-32-23(30)17-34-25(22-16-29(13-14-33-22)26(31)35-27(3,4)5)20-11-8-12-21(28)24(20)19-10-7-9-18(2)15-19/h7-12,15,22,25H,6,13-14,16-17H2,1-5H3,(H,29,31);7-12,15,22,25H,6,13-14,16-17H2,1-5H3. The molecule has 2 fully saturated rings. The molecule has 0 saturated carbocycles. The van der Waals surface area contributed by atoms with Crippen LogP contribution < -0.4 is 5.32 Å². The highest BCUT2D eigenvalue weighted by atomic mass is 19.1. The van der Waals surface area contributed by atoms with E-state index in [0.717, 1.165) is 11.1 Å². The molecule has 16 heteroatoms. The van der Waals surface area contributed by atoms with E-state index in [1.165, 1.54) is 12.1 Å². The zero-order valence-corrected chi connectivity index (χ0v) is 42.1. The van der Waals surface area contributed by atoms with E-state index in [1.807, 2.05) is 90.1 Å². The van der Waals surface area contributed by atoms with Crippen LogP contribution in [0.25, 0.3) is 22.3 Å². The second-order valence-corrected chi connectivity index (χ2v) is 19.0. The van der Waals surface area contributed by atoms with E-state index in [2.05, 4.69) is 5.32 Å². The highest BCUT2D eigenvalue weighted by molar-refractivity contribution is 5.77. The number of nitrogens with zero attached hydrogens (tertiary/aromatic N) is 2. The quantitative estimate of drug-likeness (QED) is 0.0950. The lowest BCUT2D eigenvalue weighted by Crippen LogP contribution is -2.49. The molecule has 0 spiro atoms. The molecule has 0 aromatic heterocycles. The number of nitrogens with one attached hydrogen (secondary N) is 1. The van der Waals surface area contributed by atoms with Gasteiger partial charge in [0.1, 0.15) is 60.5 Å². The van der Waals surface area contributed by atoms with E-state index < -0.39 is 65.4 Å². The number of morpholine rings is 2. The van der Waals surface area contributed by atoms with Gasteiger partial charge in [-0.15, -0.1) is 0 Å². The summed E-state index contributed by atoms with van der Waals surface area (Å²) in [6, 6.07) is 24.6. The lowest BCUT2D eigenvalue weighted by molar-refractivity contribution is -0.158. The van der Waals surface area contributed by atoms with E-state index >= 15 is 8.78 Å². The van der Waals surface area contributed by atoms with Gasteiger partial charge in [-0.1, -0.05) is 83.9 Å². The van der Waals surface area contributed by atoms with Crippen LogP contribution in [0.2, 0.25) is 0 Å². The van der Waals surface area contributed by atoms with Crippen LogP contribution in [0.15, 0.2) is 84.9 Å². The predicted molar refractivity (Wildman–Crippen MR) is 261 cm³/mol. The minimum atomic E-state index is -0.837. The van der Waals surface area contributed by atoms with Crippen molar-refractivity contribution in [3.63, 3.8) is 0 Å². The van der Waals surface area contributed by atoms with Gasteiger partial charge in [-0.25, -0.2) is 23.2 Å². The summed E-state index contributed by atoms with van der Waals surface area (Å²) in [6.07, 6.45) is -3.84. The normalized spacial score (nSPS) is 17.1. The Morgan fingerprint density at radius 2 is 1.09 bits per heavy atom. The lowest BCUT2D eigenvalue weighted by Gasteiger charge is -2.38. The van der Waals surface area contributed by atoms with Crippen molar-refractivity contribution in [2.75, 3.05) is 65.8 Å². The fraction of sp³-hybridized carbons (Fsp3) is 0.481. The smallest absolute Gasteiger partial charge is 0.410 e. The average Bonchev–Trinajstić information content (AvgIpc) is 3.29. The number of benzene rings is 4.